The number of rotatable bonds is 9. The predicted molar refractivity (Wildman–Crippen MR) is 169 cm³/mol. The first-order valence-electron chi connectivity index (χ1n) is 13.8. The lowest BCUT2D eigenvalue weighted by Crippen LogP contribution is -2.51. The van der Waals surface area contributed by atoms with Gasteiger partial charge in [-0.3, -0.25) is 19.3 Å². The molecule has 5 rings (SSSR count). The van der Waals surface area contributed by atoms with E-state index in [9.17, 15) is 19.6 Å². The number of hydrogen-bond acceptors (Lipinski definition) is 8. The third kappa shape index (κ3) is 7.04. The Labute approximate surface area is 262 Å². The SMILES string of the molecule is CCOc1cc(/C=C2/SC(=O)N(CC(=O)N3CCN(c4ccccc4)CC3)C2=O)cc(Br)c1OCc1ccccc1C#N. The van der Waals surface area contributed by atoms with Crippen molar-refractivity contribution in [2.24, 2.45) is 0 Å². The van der Waals surface area contributed by atoms with Gasteiger partial charge in [-0.05, 0) is 76.6 Å². The van der Waals surface area contributed by atoms with Gasteiger partial charge in [-0.25, -0.2) is 0 Å². The monoisotopic (exact) mass is 660 g/mol. The summed E-state index contributed by atoms with van der Waals surface area (Å²) in [6, 6.07) is 22.9. The highest BCUT2D eigenvalue weighted by atomic mass is 79.9. The minimum Gasteiger partial charge on any atom is -0.490 e. The van der Waals surface area contributed by atoms with Crippen LogP contribution in [0.4, 0.5) is 10.5 Å². The molecule has 220 valence electrons. The summed E-state index contributed by atoms with van der Waals surface area (Å²) in [6.07, 6.45) is 1.61. The minimum atomic E-state index is -0.506. The first-order chi connectivity index (χ1) is 20.9. The summed E-state index contributed by atoms with van der Waals surface area (Å²) in [5.41, 5.74) is 2.99. The van der Waals surface area contributed by atoms with E-state index < -0.39 is 11.1 Å². The molecule has 0 unspecified atom stereocenters. The van der Waals surface area contributed by atoms with Crippen LogP contribution in [0.5, 0.6) is 11.5 Å². The fraction of sp³-hybridized carbons (Fsp3) is 0.250. The molecule has 11 heteroatoms. The van der Waals surface area contributed by atoms with Gasteiger partial charge < -0.3 is 19.3 Å². The van der Waals surface area contributed by atoms with Gasteiger partial charge in [-0.15, -0.1) is 0 Å². The average molecular weight is 662 g/mol. The molecule has 0 atom stereocenters. The first-order valence-corrected chi connectivity index (χ1v) is 15.4. The van der Waals surface area contributed by atoms with Crippen molar-refractivity contribution in [3.05, 3.63) is 92.8 Å². The van der Waals surface area contributed by atoms with Crippen molar-refractivity contribution in [2.45, 2.75) is 13.5 Å². The lowest BCUT2D eigenvalue weighted by molar-refractivity contribution is -0.136. The van der Waals surface area contributed by atoms with Crippen molar-refractivity contribution in [1.82, 2.24) is 9.80 Å². The van der Waals surface area contributed by atoms with Crippen LogP contribution in [0.2, 0.25) is 0 Å². The van der Waals surface area contributed by atoms with E-state index in [4.69, 9.17) is 9.47 Å². The third-order valence-corrected chi connectivity index (χ3v) is 8.56. The van der Waals surface area contributed by atoms with Crippen LogP contribution in [-0.2, 0) is 16.2 Å². The highest BCUT2D eigenvalue weighted by Crippen LogP contribution is 2.40. The number of ether oxygens (including phenoxy) is 2. The van der Waals surface area contributed by atoms with E-state index in [1.807, 2.05) is 49.4 Å². The standard InChI is InChI=1S/C32H29BrN4O5S/c1-2-41-27-17-22(16-26(33)30(27)42-21-24-9-7-6-8-23(24)19-34)18-28-31(39)37(32(40)43-28)20-29(38)36-14-12-35(13-15-36)25-10-4-3-5-11-25/h3-11,16-18H,2,12-15,20-21H2,1H3/b28-18+. The molecule has 2 fully saturated rings. The lowest BCUT2D eigenvalue weighted by Gasteiger charge is -2.36. The molecule has 3 amide bonds. The molecule has 43 heavy (non-hydrogen) atoms. The second-order valence-corrected chi connectivity index (χ2v) is 11.6. The maximum absolute atomic E-state index is 13.2. The van der Waals surface area contributed by atoms with Gasteiger partial charge in [0.15, 0.2) is 11.5 Å². The topological polar surface area (TPSA) is 103 Å². The number of carbonyl (C=O) groups is 3. The molecular formula is C32H29BrN4O5S. The van der Waals surface area contributed by atoms with E-state index in [0.29, 0.717) is 59.9 Å². The molecule has 9 nitrogen and oxygen atoms in total. The largest absolute Gasteiger partial charge is 0.490 e. The molecule has 0 radical (unpaired) electrons. The molecular weight excluding hydrogens is 632 g/mol. The van der Waals surface area contributed by atoms with E-state index in [0.717, 1.165) is 27.9 Å². The molecule has 0 saturated carbocycles. The zero-order valence-corrected chi connectivity index (χ0v) is 25.9. The molecule has 2 aliphatic rings. The average Bonchev–Trinajstić information content (AvgIpc) is 3.28. The zero-order chi connectivity index (χ0) is 30.3. The number of nitrogens with zero attached hydrogens (tertiary/aromatic N) is 4. The Morgan fingerprint density at radius 3 is 2.47 bits per heavy atom. The molecule has 0 bridgehead atoms. The number of halogens is 1. The fourth-order valence-corrected chi connectivity index (χ4v) is 6.27. The van der Waals surface area contributed by atoms with E-state index >= 15 is 0 Å². The predicted octanol–water partition coefficient (Wildman–Crippen LogP) is 5.68. The van der Waals surface area contributed by atoms with Crippen molar-refractivity contribution < 1.29 is 23.9 Å². The molecule has 0 aromatic heterocycles. The molecule has 0 spiro atoms. The van der Waals surface area contributed by atoms with E-state index in [1.165, 1.54) is 0 Å². The summed E-state index contributed by atoms with van der Waals surface area (Å²) in [7, 11) is 0. The Bertz CT molecular complexity index is 1600. The van der Waals surface area contributed by atoms with Crippen molar-refractivity contribution >= 4 is 56.5 Å². The first kappa shape index (κ1) is 30.2. The van der Waals surface area contributed by atoms with E-state index in [2.05, 4.69) is 26.9 Å². The maximum Gasteiger partial charge on any atom is 0.294 e. The number of para-hydroxylation sites is 1. The van der Waals surface area contributed by atoms with E-state index in [-0.39, 0.29) is 24.0 Å². The van der Waals surface area contributed by atoms with Crippen molar-refractivity contribution in [3.8, 4) is 17.6 Å². The van der Waals surface area contributed by atoms with Crippen molar-refractivity contribution in [2.75, 3.05) is 44.2 Å². The summed E-state index contributed by atoms with van der Waals surface area (Å²) in [5.74, 6) is 0.144. The summed E-state index contributed by atoms with van der Waals surface area (Å²) in [4.78, 5) is 44.1. The molecule has 2 heterocycles. The Morgan fingerprint density at radius 1 is 1.02 bits per heavy atom. The van der Waals surface area contributed by atoms with Gasteiger partial charge in [0.05, 0.1) is 27.6 Å². The minimum absolute atomic E-state index is 0.163. The van der Waals surface area contributed by atoms with Crippen LogP contribution in [0, 0.1) is 11.3 Å². The fourth-order valence-electron chi connectivity index (χ4n) is 4.86. The van der Waals surface area contributed by atoms with Gasteiger partial charge in [0, 0.05) is 37.4 Å². The van der Waals surface area contributed by atoms with Gasteiger partial charge in [0.1, 0.15) is 13.2 Å². The number of imide groups is 1. The number of carbonyl (C=O) groups excluding carboxylic acids is 3. The summed E-state index contributed by atoms with van der Waals surface area (Å²) < 4.78 is 12.4. The molecule has 3 aromatic carbocycles. The van der Waals surface area contributed by atoms with Gasteiger partial charge in [-0.2, -0.15) is 5.26 Å². The summed E-state index contributed by atoms with van der Waals surface area (Å²) >= 11 is 4.34. The normalized spacial score (nSPS) is 16.0. The van der Waals surface area contributed by atoms with Crippen LogP contribution >= 0.6 is 27.7 Å². The zero-order valence-electron chi connectivity index (χ0n) is 23.5. The number of hydrogen-bond donors (Lipinski definition) is 0. The number of nitriles is 1. The molecule has 0 aliphatic carbocycles. The highest BCUT2D eigenvalue weighted by Gasteiger charge is 2.37. The van der Waals surface area contributed by atoms with Crippen LogP contribution in [0.1, 0.15) is 23.6 Å². The quantitative estimate of drug-likeness (QED) is 0.270. The summed E-state index contributed by atoms with van der Waals surface area (Å²) in [6.45, 7) is 4.49. The van der Waals surface area contributed by atoms with E-state index in [1.54, 1.807) is 35.2 Å². The van der Waals surface area contributed by atoms with Crippen LogP contribution in [0.15, 0.2) is 76.1 Å². The highest BCUT2D eigenvalue weighted by molar-refractivity contribution is 9.10. The second kappa shape index (κ2) is 13.8. The molecule has 2 aliphatic heterocycles. The number of amides is 3. The Hall–Kier alpha value is -4.27. The van der Waals surface area contributed by atoms with Crippen LogP contribution < -0.4 is 14.4 Å². The van der Waals surface area contributed by atoms with Crippen molar-refractivity contribution in [3.63, 3.8) is 0 Å². The van der Waals surface area contributed by atoms with Gasteiger partial charge in [0.2, 0.25) is 5.91 Å². The Morgan fingerprint density at radius 2 is 1.74 bits per heavy atom. The van der Waals surface area contributed by atoms with Gasteiger partial charge in [0.25, 0.3) is 11.1 Å². The molecule has 2 saturated heterocycles. The van der Waals surface area contributed by atoms with Gasteiger partial charge >= 0.3 is 0 Å². The van der Waals surface area contributed by atoms with Crippen LogP contribution in [0.25, 0.3) is 6.08 Å². The van der Waals surface area contributed by atoms with Crippen LogP contribution in [-0.4, -0.2) is 66.2 Å². The molecule has 3 aromatic rings. The lowest BCUT2D eigenvalue weighted by atomic mass is 10.1. The summed E-state index contributed by atoms with van der Waals surface area (Å²) in [5, 5.41) is 8.90. The third-order valence-electron chi connectivity index (χ3n) is 7.06. The smallest absolute Gasteiger partial charge is 0.294 e. The van der Waals surface area contributed by atoms with Crippen molar-refractivity contribution in [1.29, 1.82) is 5.26 Å². The molecule has 0 N–H and O–H groups in total. The number of benzene rings is 3. The second-order valence-electron chi connectivity index (χ2n) is 9.79. The Kier molecular flexibility index (Phi) is 9.69. The van der Waals surface area contributed by atoms with Crippen LogP contribution in [0.3, 0.4) is 0 Å². The number of thioether (sulfide) groups is 1. The maximum atomic E-state index is 13.2. The Balaban J connectivity index is 1.25. The number of anilines is 1. The van der Waals surface area contributed by atoms with Gasteiger partial charge in [-0.1, -0.05) is 36.4 Å². The number of piperazine rings is 1.